The maximum Gasteiger partial charge on any atom is 0.131 e. The Balaban J connectivity index is 1.01. The van der Waals surface area contributed by atoms with Crippen LogP contribution in [-0.2, 0) is 27.1 Å². The summed E-state index contributed by atoms with van der Waals surface area (Å²) >= 11 is 0. The van der Waals surface area contributed by atoms with Gasteiger partial charge in [0.25, 0.3) is 0 Å². The van der Waals surface area contributed by atoms with Crippen LogP contribution in [0.5, 0.6) is 11.5 Å². The van der Waals surface area contributed by atoms with Crippen molar-refractivity contribution in [2.24, 2.45) is 29.1 Å². The number of benzene rings is 5. The van der Waals surface area contributed by atoms with Gasteiger partial charge >= 0.3 is 0 Å². The van der Waals surface area contributed by atoms with Crippen LogP contribution < -0.4 is 9.64 Å². The molecule has 7 aliphatic rings. The van der Waals surface area contributed by atoms with E-state index in [1.54, 1.807) is 0 Å². The van der Waals surface area contributed by atoms with E-state index in [2.05, 4.69) is 163 Å². The second kappa shape index (κ2) is 11.3. The van der Waals surface area contributed by atoms with Gasteiger partial charge in [0, 0.05) is 33.6 Å². The Labute approximate surface area is 347 Å². The molecule has 2 heteroatoms. The molecule has 2 bridgehead atoms. The van der Waals surface area contributed by atoms with E-state index < -0.39 is 0 Å². The molecule has 58 heavy (non-hydrogen) atoms. The summed E-state index contributed by atoms with van der Waals surface area (Å²) in [6.07, 6.45) is 10.6. The molecule has 1 heterocycles. The molecule has 6 unspecified atom stereocenters. The van der Waals surface area contributed by atoms with E-state index in [1.165, 1.54) is 113 Å². The molecule has 296 valence electrons. The fraction of sp³-hybridized carbons (Fsp3) is 0.464. The highest BCUT2D eigenvalue weighted by molar-refractivity contribution is 5.81. The van der Waals surface area contributed by atoms with Gasteiger partial charge in [-0.05, 0) is 184 Å². The molecule has 0 radical (unpaired) electrons. The first-order valence-corrected chi connectivity index (χ1v) is 22.8. The Morgan fingerprint density at radius 1 is 0.466 bits per heavy atom. The quantitative estimate of drug-likeness (QED) is 0.181. The molecule has 4 saturated carbocycles. The molecule has 5 aromatic carbocycles. The van der Waals surface area contributed by atoms with E-state index in [-0.39, 0.29) is 27.1 Å². The van der Waals surface area contributed by atoms with Crippen molar-refractivity contribution < 1.29 is 4.74 Å². The molecule has 0 N–H and O–H groups in total. The second-order valence-corrected chi connectivity index (χ2v) is 22.7. The predicted molar refractivity (Wildman–Crippen MR) is 239 cm³/mol. The fourth-order valence-corrected chi connectivity index (χ4v) is 14.9. The minimum atomic E-state index is 0.0397. The van der Waals surface area contributed by atoms with Gasteiger partial charge < -0.3 is 9.64 Å². The molecular weight excluding hydrogens is 703 g/mol. The molecule has 2 spiro atoms. The predicted octanol–water partition coefficient (Wildman–Crippen LogP) is 15.0. The lowest BCUT2D eigenvalue weighted by atomic mass is 9.26. The zero-order valence-corrected chi connectivity index (χ0v) is 36.1. The molecule has 0 amide bonds. The summed E-state index contributed by atoms with van der Waals surface area (Å²) in [5.41, 5.74) is 16.5. The first-order chi connectivity index (χ1) is 27.6. The van der Waals surface area contributed by atoms with Crippen molar-refractivity contribution >= 4 is 17.1 Å². The number of para-hydroxylation sites is 1. The second-order valence-electron chi connectivity index (χ2n) is 22.7. The summed E-state index contributed by atoms with van der Waals surface area (Å²) in [7, 11) is 0. The molecule has 0 aromatic heterocycles. The summed E-state index contributed by atoms with van der Waals surface area (Å²) in [5, 5.41) is 0. The van der Waals surface area contributed by atoms with E-state index in [9.17, 15) is 0 Å². The van der Waals surface area contributed by atoms with Crippen LogP contribution in [0.3, 0.4) is 0 Å². The van der Waals surface area contributed by atoms with Gasteiger partial charge in [0.2, 0.25) is 0 Å². The van der Waals surface area contributed by atoms with Crippen LogP contribution in [0.4, 0.5) is 17.1 Å². The van der Waals surface area contributed by atoms with Crippen LogP contribution in [0.15, 0.2) is 103 Å². The SMILES string of the molecule is CC1(C)CCC(C)(C)c2cc(-c3ccc(N(c4ccc5c(c4)C(C)(C)CCC5(C)C)c4ccc5c(c4)C4(c6ccccc6O5)C5CC6CC7CC4C75C6)cc3)ccc21. The molecular formula is C56H61NO. The molecule has 1 aliphatic heterocycles. The van der Waals surface area contributed by atoms with Crippen LogP contribution in [0.1, 0.15) is 140 Å². The zero-order valence-electron chi connectivity index (χ0n) is 36.1. The third-order valence-electron chi connectivity index (χ3n) is 18.1. The number of rotatable bonds is 4. The van der Waals surface area contributed by atoms with Crippen LogP contribution >= 0.6 is 0 Å². The van der Waals surface area contributed by atoms with Gasteiger partial charge in [0.05, 0.1) is 0 Å². The van der Waals surface area contributed by atoms with E-state index >= 15 is 0 Å². The largest absolute Gasteiger partial charge is 0.457 e. The normalized spacial score (nSPS) is 31.4. The Bertz CT molecular complexity index is 2550. The lowest BCUT2D eigenvalue weighted by molar-refractivity contribution is -0.235. The van der Waals surface area contributed by atoms with Crippen molar-refractivity contribution in [1.82, 2.24) is 0 Å². The van der Waals surface area contributed by atoms with Crippen molar-refractivity contribution in [2.45, 2.75) is 134 Å². The standard InChI is InChI=1S/C56H61NO/c1-51(2)23-25-53(5,6)44-29-36(15-20-41(44)51)35-13-16-38(17-14-35)57(39-18-21-42-45(31-39)54(7,8)26-24-52(42,3)4)40-19-22-48-46(32-40)56(43-11-9-10-12-47(43)58-48)49-28-34-27-37-30-50(56)55(37,49)33-34/h9-22,29,31-32,34,37,49-50H,23-28,30,33H2,1-8H3. The van der Waals surface area contributed by atoms with Crippen molar-refractivity contribution in [3.8, 4) is 22.6 Å². The van der Waals surface area contributed by atoms with Gasteiger partial charge in [-0.15, -0.1) is 0 Å². The summed E-state index contributed by atoms with van der Waals surface area (Å²) in [6, 6.07) is 40.5. The highest BCUT2D eigenvalue weighted by Crippen LogP contribution is 2.89. The Kier molecular flexibility index (Phi) is 6.93. The maximum absolute atomic E-state index is 6.88. The first-order valence-electron chi connectivity index (χ1n) is 22.8. The molecule has 5 aromatic rings. The highest BCUT2D eigenvalue weighted by Gasteiger charge is 2.84. The van der Waals surface area contributed by atoms with Gasteiger partial charge in [0.15, 0.2) is 0 Å². The number of hydrogen-bond acceptors (Lipinski definition) is 2. The van der Waals surface area contributed by atoms with Gasteiger partial charge in [-0.25, -0.2) is 0 Å². The topological polar surface area (TPSA) is 12.5 Å². The van der Waals surface area contributed by atoms with E-state index in [1.807, 2.05) is 0 Å². The lowest BCUT2D eigenvalue weighted by Gasteiger charge is -2.77. The molecule has 12 rings (SSSR count). The van der Waals surface area contributed by atoms with Crippen molar-refractivity contribution in [3.63, 3.8) is 0 Å². The van der Waals surface area contributed by atoms with Crippen LogP contribution in [0, 0.1) is 29.1 Å². The average molecular weight is 764 g/mol. The van der Waals surface area contributed by atoms with E-state index in [0.717, 1.165) is 23.3 Å². The number of anilines is 3. The molecule has 4 fully saturated rings. The molecule has 2 nitrogen and oxygen atoms in total. The maximum atomic E-state index is 6.88. The number of ether oxygens (including phenoxy) is 1. The number of fused-ring (bicyclic) bond motifs is 9. The summed E-state index contributed by atoms with van der Waals surface area (Å²) in [4.78, 5) is 2.56. The third-order valence-corrected chi connectivity index (χ3v) is 18.1. The monoisotopic (exact) mass is 763 g/mol. The van der Waals surface area contributed by atoms with Crippen molar-refractivity contribution in [3.05, 3.63) is 137 Å². The minimum absolute atomic E-state index is 0.0397. The molecule has 6 atom stereocenters. The first kappa shape index (κ1) is 35.6. The Morgan fingerprint density at radius 2 is 1.00 bits per heavy atom. The summed E-state index contributed by atoms with van der Waals surface area (Å²) < 4.78 is 6.88. The van der Waals surface area contributed by atoms with Gasteiger partial charge in [-0.3, -0.25) is 0 Å². The minimum Gasteiger partial charge on any atom is -0.457 e. The summed E-state index contributed by atoms with van der Waals surface area (Å²) in [6.45, 7) is 19.5. The summed E-state index contributed by atoms with van der Waals surface area (Å²) in [5.74, 6) is 5.45. The molecule has 0 saturated heterocycles. The van der Waals surface area contributed by atoms with E-state index in [4.69, 9.17) is 4.74 Å². The van der Waals surface area contributed by atoms with Crippen LogP contribution in [0.25, 0.3) is 11.1 Å². The van der Waals surface area contributed by atoms with Crippen molar-refractivity contribution in [2.75, 3.05) is 4.90 Å². The Morgan fingerprint density at radius 3 is 1.69 bits per heavy atom. The van der Waals surface area contributed by atoms with Gasteiger partial charge in [0.1, 0.15) is 11.5 Å². The number of hydrogen-bond donors (Lipinski definition) is 0. The van der Waals surface area contributed by atoms with Gasteiger partial charge in [-0.2, -0.15) is 0 Å². The third kappa shape index (κ3) is 4.46. The highest BCUT2D eigenvalue weighted by atomic mass is 16.5. The lowest BCUT2D eigenvalue weighted by Crippen LogP contribution is -2.74. The van der Waals surface area contributed by atoms with Crippen LogP contribution in [-0.4, -0.2) is 0 Å². The molecule has 6 aliphatic carbocycles. The Hall–Kier alpha value is -4.30. The number of nitrogens with zero attached hydrogens (tertiary/aromatic N) is 1. The average Bonchev–Trinajstić information content (AvgIpc) is 3.74. The smallest absolute Gasteiger partial charge is 0.131 e. The van der Waals surface area contributed by atoms with Gasteiger partial charge in [-0.1, -0.05) is 110 Å². The zero-order chi connectivity index (χ0) is 39.8. The van der Waals surface area contributed by atoms with Crippen molar-refractivity contribution in [1.29, 1.82) is 0 Å². The van der Waals surface area contributed by atoms with Crippen LogP contribution in [0.2, 0.25) is 0 Å². The fourth-order valence-electron chi connectivity index (χ4n) is 14.9. The van der Waals surface area contributed by atoms with E-state index in [0.29, 0.717) is 17.3 Å².